The number of amides is 1. The zero-order valence-corrected chi connectivity index (χ0v) is 19.9. The molecule has 182 valence electrons. The second-order valence-corrected chi connectivity index (χ2v) is 10.6. The molecular formula is C23H32N2O7S. The summed E-state index contributed by atoms with van der Waals surface area (Å²) in [5, 5.41) is 2.74. The number of carbonyl (C=O) groups excluding carboxylic acids is 2. The van der Waals surface area contributed by atoms with Gasteiger partial charge in [-0.2, -0.15) is 0 Å². The van der Waals surface area contributed by atoms with Gasteiger partial charge < -0.3 is 19.2 Å². The maximum Gasteiger partial charge on any atom is 0.266 e. The molecule has 1 unspecified atom stereocenters. The summed E-state index contributed by atoms with van der Waals surface area (Å²) in [6, 6.07) is 6.16. The number of ether oxygens (including phenoxy) is 2. The molecule has 2 heterocycles. The van der Waals surface area contributed by atoms with E-state index in [0.29, 0.717) is 50.0 Å². The van der Waals surface area contributed by atoms with Crippen molar-refractivity contribution >= 4 is 32.6 Å². The van der Waals surface area contributed by atoms with Crippen molar-refractivity contribution in [3.05, 3.63) is 30.2 Å². The molecule has 0 bridgehead atoms. The highest BCUT2D eigenvalue weighted by Crippen LogP contribution is 2.18. The predicted molar refractivity (Wildman–Crippen MR) is 123 cm³/mol. The van der Waals surface area contributed by atoms with Crippen molar-refractivity contribution in [3.8, 4) is 0 Å². The van der Waals surface area contributed by atoms with E-state index < -0.39 is 33.5 Å². The molecule has 0 spiro atoms. The van der Waals surface area contributed by atoms with Crippen LogP contribution in [0.1, 0.15) is 50.2 Å². The van der Waals surface area contributed by atoms with Gasteiger partial charge in [-0.25, -0.2) is 13.4 Å². The molecule has 1 aliphatic heterocycles. The van der Waals surface area contributed by atoms with E-state index >= 15 is 0 Å². The molecular weight excluding hydrogens is 448 g/mol. The van der Waals surface area contributed by atoms with Crippen molar-refractivity contribution in [2.75, 3.05) is 31.3 Å². The third kappa shape index (κ3) is 7.09. The van der Waals surface area contributed by atoms with E-state index in [4.69, 9.17) is 13.9 Å². The number of aromatic nitrogens is 1. The van der Waals surface area contributed by atoms with Gasteiger partial charge in [-0.3, -0.25) is 9.59 Å². The summed E-state index contributed by atoms with van der Waals surface area (Å²) in [5.74, 6) is -2.38. The Morgan fingerprint density at radius 3 is 2.61 bits per heavy atom. The van der Waals surface area contributed by atoms with Crippen molar-refractivity contribution in [2.24, 2.45) is 5.92 Å². The lowest BCUT2D eigenvalue weighted by atomic mass is 10.0. The highest BCUT2D eigenvalue weighted by Gasteiger charge is 2.31. The van der Waals surface area contributed by atoms with Crippen LogP contribution in [0.3, 0.4) is 0 Å². The number of hydrogen-bond acceptors (Lipinski definition) is 8. The van der Waals surface area contributed by atoms with Crippen LogP contribution in [-0.4, -0.2) is 68.6 Å². The van der Waals surface area contributed by atoms with Crippen molar-refractivity contribution in [1.82, 2.24) is 10.3 Å². The number of carbonyl (C=O) groups is 2. The summed E-state index contributed by atoms with van der Waals surface area (Å²) in [6.07, 6.45) is 2.32. The number of hydrogen-bond donors (Lipinski definition) is 1. The first-order chi connectivity index (χ1) is 15.8. The van der Waals surface area contributed by atoms with Crippen molar-refractivity contribution < 1.29 is 31.9 Å². The number of oxazole rings is 1. The standard InChI is InChI=1S/C23H32N2O7S/c1-3-7-19(21(26)23-25-18-8-5-6-9-20(18)32-23)24-22(27)16(15-33(28,29)4-2)14-31-17-10-12-30-13-11-17/h5-6,8-9,16-17,19H,3-4,7,10-15H2,1-2H3,(H,24,27)/t16?,19-/m0/s1. The van der Waals surface area contributed by atoms with E-state index in [1.165, 1.54) is 0 Å². The Hall–Kier alpha value is -2.30. The average molecular weight is 481 g/mol. The van der Waals surface area contributed by atoms with E-state index in [1.807, 2.05) is 6.92 Å². The topological polar surface area (TPSA) is 125 Å². The lowest BCUT2D eigenvalue weighted by Crippen LogP contribution is -2.46. The molecule has 1 aliphatic rings. The Kier molecular flexibility index (Phi) is 8.99. The number of sulfone groups is 1. The van der Waals surface area contributed by atoms with Crippen LogP contribution < -0.4 is 5.32 Å². The Labute approximate surface area is 194 Å². The van der Waals surface area contributed by atoms with Gasteiger partial charge in [0.15, 0.2) is 15.4 Å². The highest BCUT2D eigenvalue weighted by atomic mass is 32.2. The fourth-order valence-corrected chi connectivity index (χ4v) is 4.79. The quantitative estimate of drug-likeness (QED) is 0.460. The van der Waals surface area contributed by atoms with Gasteiger partial charge in [0, 0.05) is 19.0 Å². The fraction of sp³-hybridized carbons (Fsp3) is 0.609. The molecule has 1 aromatic carbocycles. The fourth-order valence-electron chi connectivity index (χ4n) is 3.69. The van der Waals surface area contributed by atoms with Gasteiger partial charge in [-0.1, -0.05) is 32.4 Å². The van der Waals surface area contributed by atoms with Crippen LogP contribution in [0.25, 0.3) is 11.1 Å². The van der Waals surface area contributed by atoms with Gasteiger partial charge in [-0.05, 0) is 31.4 Å². The SMILES string of the molecule is CCC[C@H](NC(=O)C(COC1CCOCC1)CS(=O)(=O)CC)C(=O)c1nc2ccccc2o1. The number of nitrogens with one attached hydrogen (secondary N) is 1. The number of ketones is 1. The molecule has 1 N–H and O–H groups in total. The number of Topliss-reactive ketones (excluding diaryl/α,β-unsaturated/α-hetero) is 1. The largest absolute Gasteiger partial charge is 0.434 e. The maximum absolute atomic E-state index is 13.1. The first kappa shape index (κ1) is 25.3. The van der Waals surface area contributed by atoms with Crippen LogP contribution in [0.2, 0.25) is 0 Å². The molecule has 0 aliphatic carbocycles. The normalized spacial score (nSPS) is 17.0. The number of nitrogens with zero attached hydrogens (tertiary/aromatic N) is 1. The monoisotopic (exact) mass is 480 g/mol. The van der Waals surface area contributed by atoms with Crippen molar-refractivity contribution in [3.63, 3.8) is 0 Å². The molecule has 10 heteroatoms. The summed E-state index contributed by atoms with van der Waals surface area (Å²) in [5.41, 5.74) is 1.04. The Morgan fingerprint density at radius 2 is 1.94 bits per heavy atom. The van der Waals surface area contributed by atoms with Gasteiger partial charge in [0.25, 0.3) is 5.89 Å². The summed E-state index contributed by atoms with van der Waals surface area (Å²) in [6.45, 7) is 4.55. The van der Waals surface area contributed by atoms with Crippen LogP contribution >= 0.6 is 0 Å². The molecule has 0 radical (unpaired) electrons. The van der Waals surface area contributed by atoms with Crippen LogP contribution in [0.4, 0.5) is 0 Å². The second-order valence-electron chi connectivity index (χ2n) is 8.24. The minimum Gasteiger partial charge on any atom is -0.434 e. The molecule has 33 heavy (non-hydrogen) atoms. The average Bonchev–Trinajstić information content (AvgIpc) is 3.26. The van der Waals surface area contributed by atoms with E-state index in [2.05, 4.69) is 10.3 Å². The lowest BCUT2D eigenvalue weighted by molar-refractivity contribution is -0.128. The summed E-state index contributed by atoms with van der Waals surface area (Å²) < 4.78 is 41.3. The molecule has 1 amide bonds. The van der Waals surface area contributed by atoms with Crippen LogP contribution in [0, 0.1) is 5.92 Å². The number of para-hydroxylation sites is 2. The van der Waals surface area contributed by atoms with E-state index in [-0.39, 0.29) is 30.1 Å². The predicted octanol–water partition coefficient (Wildman–Crippen LogP) is 2.54. The first-order valence-electron chi connectivity index (χ1n) is 11.4. The molecule has 1 saturated heterocycles. The highest BCUT2D eigenvalue weighted by molar-refractivity contribution is 7.91. The number of benzene rings is 1. The molecule has 2 atom stereocenters. The molecule has 9 nitrogen and oxygen atoms in total. The molecule has 1 fully saturated rings. The van der Waals surface area contributed by atoms with E-state index in [1.54, 1.807) is 31.2 Å². The Morgan fingerprint density at radius 1 is 1.21 bits per heavy atom. The maximum atomic E-state index is 13.1. The lowest BCUT2D eigenvalue weighted by Gasteiger charge is -2.26. The third-order valence-electron chi connectivity index (χ3n) is 5.68. The van der Waals surface area contributed by atoms with Crippen LogP contribution in [0.5, 0.6) is 0 Å². The summed E-state index contributed by atoms with van der Waals surface area (Å²) in [4.78, 5) is 30.4. The Balaban J connectivity index is 1.73. The molecule has 1 aromatic heterocycles. The van der Waals surface area contributed by atoms with E-state index in [0.717, 1.165) is 0 Å². The zero-order valence-electron chi connectivity index (χ0n) is 19.1. The van der Waals surface area contributed by atoms with Gasteiger partial charge in [0.05, 0.1) is 30.4 Å². The number of fused-ring (bicyclic) bond motifs is 1. The van der Waals surface area contributed by atoms with Gasteiger partial charge in [0.2, 0.25) is 11.7 Å². The van der Waals surface area contributed by atoms with Crippen LogP contribution in [-0.2, 0) is 24.1 Å². The molecule has 2 aromatic rings. The van der Waals surface area contributed by atoms with Crippen molar-refractivity contribution in [1.29, 1.82) is 0 Å². The third-order valence-corrected chi connectivity index (χ3v) is 7.47. The van der Waals surface area contributed by atoms with Gasteiger partial charge >= 0.3 is 0 Å². The first-order valence-corrected chi connectivity index (χ1v) is 13.2. The van der Waals surface area contributed by atoms with E-state index in [9.17, 15) is 18.0 Å². The molecule has 3 rings (SSSR count). The minimum absolute atomic E-state index is 0.0361. The van der Waals surface area contributed by atoms with Gasteiger partial charge in [0.1, 0.15) is 5.52 Å². The van der Waals surface area contributed by atoms with Crippen molar-refractivity contribution in [2.45, 2.75) is 51.7 Å². The summed E-state index contributed by atoms with van der Waals surface area (Å²) in [7, 11) is -3.44. The smallest absolute Gasteiger partial charge is 0.266 e. The number of rotatable bonds is 12. The molecule has 0 saturated carbocycles. The zero-order chi connectivity index (χ0) is 23.8. The second kappa shape index (κ2) is 11.7. The van der Waals surface area contributed by atoms with Crippen LogP contribution in [0.15, 0.2) is 28.7 Å². The summed E-state index contributed by atoms with van der Waals surface area (Å²) >= 11 is 0. The Bertz CT molecular complexity index is 1010. The van der Waals surface area contributed by atoms with Gasteiger partial charge in [-0.15, -0.1) is 0 Å². The minimum atomic E-state index is -3.44.